The summed E-state index contributed by atoms with van der Waals surface area (Å²) < 4.78 is 23.6. The standard InChI is InChI=1S/C40H46N2O6S/c1-40(2,3)48-39(44)42-20-18-29(19-21-42)34-24-31(14-16-33(34)38(43)45-4)28-10-12-30(13-11-28)37-41-35-17-15-32(25-36(35)49-37)47-23-6-5-22-46-26-27-8-7-9-27/h10-18,24-25,27H,5-9,19-23,26H2,1-4H3. The van der Waals surface area contributed by atoms with Gasteiger partial charge in [-0.1, -0.05) is 42.8 Å². The molecule has 1 aromatic heterocycles. The van der Waals surface area contributed by atoms with Gasteiger partial charge >= 0.3 is 12.1 Å². The van der Waals surface area contributed by atoms with Gasteiger partial charge in [0.1, 0.15) is 16.4 Å². The second-order valence-corrected chi connectivity index (χ2v) is 14.8. The Bertz CT molecular complexity index is 1800. The summed E-state index contributed by atoms with van der Waals surface area (Å²) in [5.41, 5.74) is 5.78. The molecule has 1 fully saturated rings. The molecule has 1 saturated carbocycles. The minimum Gasteiger partial charge on any atom is -0.494 e. The Balaban J connectivity index is 1.11. The molecule has 4 aromatic rings. The van der Waals surface area contributed by atoms with Gasteiger partial charge in [0, 0.05) is 31.9 Å². The molecule has 0 atom stereocenters. The molecule has 3 aromatic carbocycles. The smallest absolute Gasteiger partial charge is 0.410 e. The number of hydrogen-bond acceptors (Lipinski definition) is 8. The van der Waals surface area contributed by atoms with Crippen LogP contribution in [-0.4, -0.2) is 67.6 Å². The van der Waals surface area contributed by atoms with Gasteiger partial charge in [-0.2, -0.15) is 0 Å². The number of fused-ring (bicyclic) bond motifs is 1. The molecule has 0 radical (unpaired) electrons. The van der Waals surface area contributed by atoms with Crippen molar-refractivity contribution in [3.05, 3.63) is 77.9 Å². The highest BCUT2D eigenvalue weighted by atomic mass is 32.1. The SMILES string of the molecule is COC(=O)c1ccc(-c2ccc(-c3nc4ccc(OCCCCOCC5CCC5)cc4s3)cc2)cc1C1=CCN(C(=O)OC(C)(C)C)CC1. The van der Waals surface area contributed by atoms with Crippen molar-refractivity contribution in [3.63, 3.8) is 0 Å². The third-order valence-electron chi connectivity index (χ3n) is 8.99. The Labute approximate surface area is 293 Å². The maximum absolute atomic E-state index is 12.7. The summed E-state index contributed by atoms with van der Waals surface area (Å²) in [7, 11) is 1.39. The summed E-state index contributed by atoms with van der Waals surface area (Å²) in [6.07, 6.45) is 8.26. The molecular weight excluding hydrogens is 637 g/mol. The number of esters is 1. The minimum absolute atomic E-state index is 0.335. The van der Waals surface area contributed by atoms with Crippen LogP contribution in [0.4, 0.5) is 4.79 Å². The van der Waals surface area contributed by atoms with E-state index in [-0.39, 0.29) is 12.1 Å². The summed E-state index contributed by atoms with van der Waals surface area (Å²) in [4.78, 5) is 31.9. The van der Waals surface area contributed by atoms with Gasteiger partial charge in [0.05, 0.1) is 29.5 Å². The predicted molar refractivity (Wildman–Crippen MR) is 195 cm³/mol. The lowest BCUT2D eigenvalue weighted by Crippen LogP contribution is -2.39. The van der Waals surface area contributed by atoms with E-state index < -0.39 is 5.60 Å². The number of hydrogen-bond donors (Lipinski definition) is 0. The number of methoxy groups -OCH3 is 1. The zero-order chi connectivity index (χ0) is 34.4. The molecular formula is C40H46N2O6S. The van der Waals surface area contributed by atoms with Crippen molar-refractivity contribution in [1.29, 1.82) is 0 Å². The van der Waals surface area contributed by atoms with E-state index in [0.29, 0.717) is 31.7 Å². The molecule has 0 N–H and O–H groups in total. The number of rotatable bonds is 12. The summed E-state index contributed by atoms with van der Waals surface area (Å²) >= 11 is 1.65. The van der Waals surface area contributed by atoms with E-state index in [0.717, 1.165) is 80.8 Å². The van der Waals surface area contributed by atoms with Crippen LogP contribution in [0, 0.1) is 5.92 Å². The number of aromatic nitrogens is 1. The van der Waals surface area contributed by atoms with Crippen molar-refractivity contribution < 1.29 is 28.5 Å². The van der Waals surface area contributed by atoms with E-state index in [2.05, 4.69) is 30.3 Å². The van der Waals surface area contributed by atoms with Gasteiger partial charge in [0.2, 0.25) is 0 Å². The number of benzene rings is 3. The molecule has 258 valence electrons. The molecule has 0 spiro atoms. The number of amides is 1. The number of unbranched alkanes of at least 4 members (excludes halogenated alkanes) is 1. The zero-order valence-corrected chi connectivity index (χ0v) is 29.8. The predicted octanol–water partition coefficient (Wildman–Crippen LogP) is 9.42. The van der Waals surface area contributed by atoms with E-state index in [1.807, 2.05) is 57.2 Å². The van der Waals surface area contributed by atoms with Crippen LogP contribution in [0.1, 0.15) is 75.2 Å². The Morgan fingerprint density at radius 2 is 1.69 bits per heavy atom. The zero-order valence-electron chi connectivity index (χ0n) is 29.0. The Kier molecular flexibility index (Phi) is 11.0. The molecule has 1 aliphatic heterocycles. The average molecular weight is 683 g/mol. The number of nitrogens with zero attached hydrogens (tertiary/aromatic N) is 2. The molecule has 2 aliphatic rings. The van der Waals surface area contributed by atoms with Crippen LogP contribution in [0.3, 0.4) is 0 Å². The minimum atomic E-state index is -0.557. The third kappa shape index (κ3) is 8.88. The summed E-state index contributed by atoms with van der Waals surface area (Å²) in [6.45, 7) is 8.89. The van der Waals surface area contributed by atoms with Crippen molar-refractivity contribution in [3.8, 4) is 27.4 Å². The first kappa shape index (κ1) is 34.6. The molecule has 1 amide bonds. The Morgan fingerprint density at radius 1 is 0.939 bits per heavy atom. The van der Waals surface area contributed by atoms with Gasteiger partial charge in [-0.25, -0.2) is 14.6 Å². The first-order chi connectivity index (χ1) is 23.7. The normalized spacial score (nSPS) is 15.1. The second kappa shape index (κ2) is 15.6. The lowest BCUT2D eigenvalue weighted by molar-refractivity contribution is 0.0270. The van der Waals surface area contributed by atoms with E-state index in [9.17, 15) is 9.59 Å². The molecule has 49 heavy (non-hydrogen) atoms. The Morgan fingerprint density at radius 3 is 2.39 bits per heavy atom. The fourth-order valence-corrected chi connectivity index (χ4v) is 7.01. The summed E-state index contributed by atoms with van der Waals surface area (Å²) in [5.74, 6) is 1.27. The molecule has 6 rings (SSSR count). The van der Waals surface area contributed by atoms with Crippen LogP contribution in [0.2, 0.25) is 0 Å². The first-order valence-electron chi connectivity index (χ1n) is 17.3. The fourth-order valence-electron chi connectivity index (χ4n) is 6.01. The number of carbonyl (C=O) groups excluding carboxylic acids is 2. The molecule has 8 nitrogen and oxygen atoms in total. The largest absolute Gasteiger partial charge is 0.494 e. The van der Waals surface area contributed by atoms with Crippen molar-refractivity contribution >= 4 is 39.2 Å². The molecule has 1 aliphatic carbocycles. The van der Waals surface area contributed by atoms with Crippen molar-refractivity contribution in [2.45, 2.75) is 64.9 Å². The van der Waals surface area contributed by atoms with E-state index >= 15 is 0 Å². The van der Waals surface area contributed by atoms with Crippen LogP contribution < -0.4 is 4.74 Å². The lowest BCUT2D eigenvalue weighted by atomic mass is 9.86. The lowest BCUT2D eigenvalue weighted by Gasteiger charge is -2.30. The van der Waals surface area contributed by atoms with Gasteiger partial charge < -0.3 is 23.8 Å². The van der Waals surface area contributed by atoms with E-state index in [1.54, 1.807) is 16.2 Å². The van der Waals surface area contributed by atoms with Gasteiger partial charge in [-0.15, -0.1) is 11.3 Å². The first-order valence-corrected chi connectivity index (χ1v) is 18.1. The number of carbonyl (C=O) groups is 2. The van der Waals surface area contributed by atoms with Crippen LogP contribution >= 0.6 is 11.3 Å². The van der Waals surface area contributed by atoms with Gasteiger partial charge in [0.15, 0.2) is 0 Å². The second-order valence-electron chi connectivity index (χ2n) is 13.8. The van der Waals surface area contributed by atoms with E-state index in [4.69, 9.17) is 23.9 Å². The third-order valence-corrected chi connectivity index (χ3v) is 10.1. The monoisotopic (exact) mass is 682 g/mol. The van der Waals surface area contributed by atoms with Gasteiger partial charge in [0.25, 0.3) is 0 Å². The van der Waals surface area contributed by atoms with Gasteiger partial charge in [-0.3, -0.25) is 0 Å². The van der Waals surface area contributed by atoms with Crippen molar-refractivity contribution in [2.75, 3.05) is 40.0 Å². The maximum Gasteiger partial charge on any atom is 0.410 e. The fraction of sp³-hybridized carbons (Fsp3) is 0.425. The Hall–Kier alpha value is -4.21. The van der Waals surface area contributed by atoms with Crippen molar-refractivity contribution in [1.82, 2.24) is 9.88 Å². The highest BCUT2D eigenvalue weighted by Gasteiger charge is 2.26. The molecule has 0 bridgehead atoms. The molecule has 2 heterocycles. The van der Waals surface area contributed by atoms with Crippen LogP contribution in [0.15, 0.2) is 66.7 Å². The van der Waals surface area contributed by atoms with Crippen molar-refractivity contribution in [2.24, 2.45) is 5.92 Å². The molecule has 0 unspecified atom stereocenters. The highest BCUT2D eigenvalue weighted by Crippen LogP contribution is 2.35. The quantitative estimate of drug-likeness (QED) is 0.109. The van der Waals surface area contributed by atoms with Crippen LogP contribution in [0.25, 0.3) is 37.5 Å². The van der Waals surface area contributed by atoms with Gasteiger partial charge in [-0.05, 0) is 111 Å². The van der Waals surface area contributed by atoms with E-state index in [1.165, 1.54) is 26.4 Å². The number of thiazole rings is 1. The highest BCUT2D eigenvalue weighted by molar-refractivity contribution is 7.21. The maximum atomic E-state index is 12.7. The topological polar surface area (TPSA) is 87.2 Å². The summed E-state index contributed by atoms with van der Waals surface area (Å²) in [5, 5.41) is 0.950. The molecule has 9 heteroatoms. The average Bonchev–Trinajstić information content (AvgIpc) is 3.51. The molecule has 0 saturated heterocycles. The van der Waals surface area contributed by atoms with Crippen LogP contribution in [-0.2, 0) is 14.2 Å². The summed E-state index contributed by atoms with van der Waals surface area (Å²) in [6, 6.07) is 20.3. The van der Waals surface area contributed by atoms with Crippen LogP contribution in [0.5, 0.6) is 5.75 Å². The number of ether oxygens (including phenoxy) is 4.